The minimum atomic E-state index is -0.0494. The Morgan fingerprint density at radius 1 is 1.83 bits per heavy atom. The molecule has 2 nitrogen and oxygen atoms in total. The SMILES string of the molecule is COC(C)NCl. The van der Waals surface area contributed by atoms with Crippen LogP contribution in [0.2, 0.25) is 0 Å². The van der Waals surface area contributed by atoms with Gasteiger partial charge in [0.15, 0.2) is 0 Å². The topological polar surface area (TPSA) is 21.3 Å². The highest BCUT2D eigenvalue weighted by molar-refractivity contribution is 6.13. The third-order valence-corrected chi connectivity index (χ3v) is 0.815. The van der Waals surface area contributed by atoms with E-state index < -0.39 is 0 Å². The molecule has 0 aromatic heterocycles. The second-order valence-electron chi connectivity index (χ2n) is 0.987. The highest BCUT2D eigenvalue weighted by Crippen LogP contribution is 1.78. The first-order valence-corrected chi connectivity index (χ1v) is 2.08. The molecule has 0 aromatic rings. The molecule has 1 atom stereocenters. The predicted molar refractivity (Wildman–Crippen MR) is 25.5 cm³/mol. The van der Waals surface area contributed by atoms with Crippen LogP contribution >= 0.6 is 11.8 Å². The number of hydrogen-bond donors (Lipinski definition) is 1. The van der Waals surface area contributed by atoms with Crippen LogP contribution in [0.4, 0.5) is 0 Å². The van der Waals surface area contributed by atoms with E-state index in [2.05, 4.69) is 9.57 Å². The number of nitrogens with one attached hydrogen (secondary N) is 1. The number of rotatable bonds is 2. The zero-order valence-corrected chi connectivity index (χ0v) is 4.62. The van der Waals surface area contributed by atoms with E-state index in [9.17, 15) is 0 Å². The molecule has 6 heavy (non-hydrogen) atoms. The smallest absolute Gasteiger partial charge is 0.117 e. The van der Waals surface area contributed by atoms with Crippen molar-refractivity contribution in [1.29, 1.82) is 0 Å². The van der Waals surface area contributed by atoms with Gasteiger partial charge in [0.2, 0.25) is 0 Å². The maximum atomic E-state index is 5.08. The lowest BCUT2D eigenvalue weighted by molar-refractivity contribution is 0.110. The molecule has 0 bridgehead atoms. The van der Waals surface area contributed by atoms with Gasteiger partial charge in [-0.15, -0.1) is 0 Å². The molecule has 0 aliphatic heterocycles. The quantitative estimate of drug-likeness (QED) is 0.417. The van der Waals surface area contributed by atoms with E-state index >= 15 is 0 Å². The van der Waals surface area contributed by atoms with Crippen LogP contribution in [-0.4, -0.2) is 13.3 Å². The number of hydrogen-bond acceptors (Lipinski definition) is 2. The van der Waals surface area contributed by atoms with Crippen molar-refractivity contribution in [1.82, 2.24) is 4.84 Å². The average Bonchev–Trinajstić information content (AvgIpc) is 1.65. The fourth-order valence-electron chi connectivity index (χ4n) is 0.0445. The Hall–Kier alpha value is 0.210. The minimum absolute atomic E-state index is 0.0494. The Bertz CT molecular complexity index is 30.0. The summed E-state index contributed by atoms with van der Waals surface area (Å²) in [5.41, 5.74) is 0. The van der Waals surface area contributed by atoms with Crippen molar-refractivity contribution in [3.8, 4) is 0 Å². The van der Waals surface area contributed by atoms with Crippen molar-refractivity contribution < 1.29 is 4.74 Å². The zero-order chi connectivity index (χ0) is 4.99. The molecule has 0 rings (SSSR count). The molecule has 0 saturated heterocycles. The molecule has 0 saturated carbocycles. The lowest BCUT2D eigenvalue weighted by atomic mass is 10.7. The van der Waals surface area contributed by atoms with Gasteiger partial charge in [-0.05, 0) is 18.7 Å². The van der Waals surface area contributed by atoms with Gasteiger partial charge in [0.05, 0.1) is 0 Å². The first kappa shape index (κ1) is 6.21. The van der Waals surface area contributed by atoms with Crippen molar-refractivity contribution in [2.24, 2.45) is 0 Å². The normalized spacial score (nSPS) is 14.5. The van der Waals surface area contributed by atoms with Crippen LogP contribution in [0.5, 0.6) is 0 Å². The highest BCUT2D eigenvalue weighted by atomic mass is 35.5. The maximum Gasteiger partial charge on any atom is 0.117 e. The first-order valence-electron chi connectivity index (χ1n) is 1.70. The Morgan fingerprint density at radius 2 is 2.33 bits per heavy atom. The lowest BCUT2D eigenvalue weighted by Crippen LogP contribution is -2.17. The summed E-state index contributed by atoms with van der Waals surface area (Å²) >= 11 is 5.08. The molecule has 0 heterocycles. The summed E-state index contributed by atoms with van der Waals surface area (Å²) in [6.07, 6.45) is -0.0494. The second kappa shape index (κ2) is 3.40. The van der Waals surface area contributed by atoms with Crippen molar-refractivity contribution in [2.75, 3.05) is 7.11 Å². The molecule has 0 radical (unpaired) electrons. The van der Waals surface area contributed by atoms with E-state index in [1.165, 1.54) is 0 Å². The van der Waals surface area contributed by atoms with Gasteiger partial charge < -0.3 is 4.74 Å². The largest absolute Gasteiger partial charge is 0.366 e. The van der Waals surface area contributed by atoms with Crippen molar-refractivity contribution in [3.63, 3.8) is 0 Å². The van der Waals surface area contributed by atoms with Crippen LogP contribution in [0, 0.1) is 0 Å². The molecule has 38 valence electrons. The molecule has 0 aliphatic rings. The standard InChI is InChI=1S/C3H8ClNO/c1-3(5-4)6-2/h3,5H,1-2H3. The third kappa shape index (κ3) is 2.45. The summed E-state index contributed by atoms with van der Waals surface area (Å²) in [5.74, 6) is 0. The molecular weight excluding hydrogens is 101 g/mol. The summed E-state index contributed by atoms with van der Waals surface area (Å²) < 4.78 is 4.66. The van der Waals surface area contributed by atoms with Crippen LogP contribution in [0.25, 0.3) is 0 Å². The van der Waals surface area contributed by atoms with Gasteiger partial charge in [0.25, 0.3) is 0 Å². The van der Waals surface area contributed by atoms with E-state index in [-0.39, 0.29) is 6.23 Å². The van der Waals surface area contributed by atoms with Crippen LogP contribution < -0.4 is 4.84 Å². The predicted octanol–water partition coefficient (Wildman–Crippen LogP) is 0.722. The van der Waals surface area contributed by atoms with Crippen molar-refractivity contribution in [2.45, 2.75) is 13.2 Å². The zero-order valence-electron chi connectivity index (χ0n) is 3.86. The van der Waals surface area contributed by atoms with E-state index in [0.717, 1.165) is 0 Å². The minimum Gasteiger partial charge on any atom is -0.366 e. The van der Waals surface area contributed by atoms with Crippen LogP contribution in [0.3, 0.4) is 0 Å². The number of ether oxygens (including phenoxy) is 1. The van der Waals surface area contributed by atoms with Gasteiger partial charge in [0.1, 0.15) is 6.23 Å². The fourth-order valence-corrected chi connectivity index (χ4v) is 0.134. The molecule has 0 aromatic carbocycles. The average molecular weight is 110 g/mol. The van der Waals surface area contributed by atoms with E-state index in [1.54, 1.807) is 7.11 Å². The number of halogens is 1. The van der Waals surface area contributed by atoms with Crippen LogP contribution in [0.1, 0.15) is 6.92 Å². The Morgan fingerprint density at radius 3 is 2.33 bits per heavy atom. The van der Waals surface area contributed by atoms with Gasteiger partial charge in [0, 0.05) is 7.11 Å². The summed E-state index contributed by atoms with van der Waals surface area (Å²) in [5, 5.41) is 0. The Kier molecular flexibility index (Phi) is 3.52. The van der Waals surface area contributed by atoms with Gasteiger partial charge in [-0.1, -0.05) is 0 Å². The van der Waals surface area contributed by atoms with E-state index in [1.807, 2.05) is 6.92 Å². The lowest BCUT2D eigenvalue weighted by Gasteiger charge is -2.01. The molecule has 0 spiro atoms. The summed E-state index contributed by atoms with van der Waals surface area (Å²) in [4.78, 5) is 2.36. The molecule has 1 unspecified atom stereocenters. The maximum absolute atomic E-state index is 5.08. The first-order chi connectivity index (χ1) is 2.81. The molecule has 3 heteroatoms. The van der Waals surface area contributed by atoms with Crippen LogP contribution in [0.15, 0.2) is 0 Å². The van der Waals surface area contributed by atoms with Crippen LogP contribution in [-0.2, 0) is 4.74 Å². The molecule has 0 aliphatic carbocycles. The molecular formula is C3H8ClNO. The molecule has 1 N–H and O–H groups in total. The highest BCUT2D eigenvalue weighted by Gasteiger charge is 1.88. The van der Waals surface area contributed by atoms with E-state index in [4.69, 9.17) is 11.8 Å². The molecule has 0 fully saturated rings. The summed E-state index contributed by atoms with van der Waals surface area (Å²) in [7, 11) is 1.58. The number of methoxy groups -OCH3 is 1. The van der Waals surface area contributed by atoms with E-state index in [0.29, 0.717) is 0 Å². The van der Waals surface area contributed by atoms with Crippen molar-refractivity contribution >= 4 is 11.8 Å². The third-order valence-electron chi connectivity index (χ3n) is 0.507. The molecule has 0 amide bonds. The van der Waals surface area contributed by atoms with Crippen molar-refractivity contribution in [3.05, 3.63) is 0 Å². The van der Waals surface area contributed by atoms with Gasteiger partial charge in [-0.3, -0.25) is 0 Å². The van der Waals surface area contributed by atoms with Gasteiger partial charge >= 0.3 is 0 Å². The summed E-state index contributed by atoms with van der Waals surface area (Å²) in [6.45, 7) is 1.81. The summed E-state index contributed by atoms with van der Waals surface area (Å²) in [6, 6.07) is 0. The Balaban J connectivity index is 2.75. The monoisotopic (exact) mass is 109 g/mol. The van der Waals surface area contributed by atoms with Gasteiger partial charge in [-0.25, -0.2) is 4.84 Å². The Labute approximate surface area is 42.5 Å². The fraction of sp³-hybridized carbons (Fsp3) is 1.00. The second-order valence-corrected chi connectivity index (χ2v) is 1.21. The van der Waals surface area contributed by atoms with Gasteiger partial charge in [-0.2, -0.15) is 0 Å².